The van der Waals surface area contributed by atoms with Gasteiger partial charge in [-0.3, -0.25) is 4.79 Å². The van der Waals surface area contributed by atoms with Crippen molar-refractivity contribution in [2.45, 2.75) is 20.1 Å². The Hall–Kier alpha value is -3.30. The standard InChI is InChI=1S/C18H19F3N4O3/c1-10(7-12(19)17(22-2)28-18(20)21)16(26)23-8-11-14(27-4)6-5-13-15(11)25(3)9-24-13/h5-7,9,18H,2,8H2,1,3-4H3,(H,23,26)/b10-7+,17-12-. The minimum absolute atomic E-state index is 0.0762. The zero-order chi connectivity index (χ0) is 20.8. The number of methoxy groups -OCH3 is 1. The average Bonchev–Trinajstić information content (AvgIpc) is 3.04. The highest BCUT2D eigenvalue weighted by molar-refractivity contribution is 5.93. The first-order valence-corrected chi connectivity index (χ1v) is 8.03. The molecule has 0 spiro atoms. The first-order chi connectivity index (χ1) is 13.3. The number of rotatable bonds is 8. The summed E-state index contributed by atoms with van der Waals surface area (Å²) in [5.41, 5.74) is 2.11. The number of halogens is 3. The number of benzene rings is 1. The van der Waals surface area contributed by atoms with Gasteiger partial charge in [0.05, 0.1) is 24.5 Å². The molecule has 0 bridgehead atoms. The fourth-order valence-electron chi connectivity index (χ4n) is 2.55. The second kappa shape index (κ2) is 9.07. The number of hydrogen-bond acceptors (Lipinski definition) is 5. The number of imidazole rings is 1. The fraction of sp³-hybridized carbons (Fsp3) is 0.278. The SMILES string of the molecule is C=N/C(OC(F)F)=C(F)\C=C(/C)C(=O)NCc1c(OC)ccc2ncn(C)c12. The maximum Gasteiger partial charge on any atom is 0.388 e. The fourth-order valence-corrected chi connectivity index (χ4v) is 2.55. The Balaban J connectivity index is 2.22. The summed E-state index contributed by atoms with van der Waals surface area (Å²) in [5.74, 6) is -2.30. The van der Waals surface area contributed by atoms with Crippen LogP contribution in [0.1, 0.15) is 12.5 Å². The molecule has 28 heavy (non-hydrogen) atoms. The van der Waals surface area contributed by atoms with Crippen LogP contribution in [0.25, 0.3) is 11.0 Å². The van der Waals surface area contributed by atoms with Gasteiger partial charge in [-0.1, -0.05) is 0 Å². The number of aryl methyl sites for hydroxylation is 1. The Bertz CT molecular complexity index is 951. The summed E-state index contributed by atoms with van der Waals surface area (Å²) in [4.78, 5) is 19.6. The van der Waals surface area contributed by atoms with Crippen LogP contribution in [-0.2, 0) is 23.1 Å². The highest BCUT2D eigenvalue weighted by Crippen LogP contribution is 2.27. The predicted molar refractivity (Wildman–Crippen MR) is 97.6 cm³/mol. The van der Waals surface area contributed by atoms with E-state index < -0.39 is 24.2 Å². The van der Waals surface area contributed by atoms with Gasteiger partial charge < -0.3 is 19.4 Å². The molecule has 1 aromatic heterocycles. The average molecular weight is 396 g/mol. The lowest BCUT2D eigenvalue weighted by Gasteiger charge is -2.12. The zero-order valence-electron chi connectivity index (χ0n) is 15.5. The van der Waals surface area contributed by atoms with Crippen molar-refractivity contribution in [1.82, 2.24) is 14.9 Å². The number of hydrogen-bond donors (Lipinski definition) is 1. The van der Waals surface area contributed by atoms with E-state index in [2.05, 4.69) is 26.7 Å². The first-order valence-electron chi connectivity index (χ1n) is 8.03. The second-order valence-corrected chi connectivity index (χ2v) is 5.67. The molecule has 10 heteroatoms. The van der Waals surface area contributed by atoms with Gasteiger partial charge in [-0.15, -0.1) is 0 Å². The smallest absolute Gasteiger partial charge is 0.388 e. The summed E-state index contributed by atoms with van der Waals surface area (Å²) in [5, 5.41) is 2.63. The number of allylic oxidation sites excluding steroid dienone is 2. The van der Waals surface area contributed by atoms with E-state index in [1.807, 2.05) is 0 Å². The van der Waals surface area contributed by atoms with Crippen LogP contribution in [0, 0.1) is 0 Å². The van der Waals surface area contributed by atoms with Crippen LogP contribution in [-0.4, -0.2) is 35.9 Å². The van der Waals surface area contributed by atoms with Crippen LogP contribution in [0.5, 0.6) is 5.75 Å². The van der Waals surface area contributed by atoms with Gasteiger partial charge in [-0.05, 0) is 31.9 Å². The molecule has 1 heterocycles. The predicted octanol–water partition coefficient (Wildman–Crippen LogP) is 3.22. The van der Waals surface area contributed by atoms with Gasteiger partial charge in [0.1, 0.15) is 5.75 Å². The summed E-state index contributed by atoms with van der Waals surface area (Å²) in [6, 6.07) is 3.52. The van der Waals surface area contributed by atoms with E-state index in [9.17, 15) is 18.0 Å². The Morgan fingerprint density at radius 1 is 1.46 bits per heavy atom. The Labute approximate surface area is 159 Å². The molecule has 1 aromatic carbocycles. The zero-order valence-corrected chi connectivity index (χ0v) is 15.5. The molecule has 0 radical (unpaired) electrons. The molecule has 7 nitrogen and oxygen atoms in total. The lowest BCUT2D eigenvalue weighted by Crippen LogP contribution is -2.24. The lowest BCUT2D eigenvalue weighted by molar-refractivity contribution is -0.117. The van der Waals surface area contributed by atoms with E-state index in [1.54, 1.807) is 30.1 Å². The minimum Gasteiger partial charge on any atom is -0.496 e. The van der Waals surface area contributed by atoms with E-state index in [1.165, 1.54) is 14.0 Å². The molecule has 0 atom stereocenters. The number of alkyl halides is 2. The van der Waals surface area contributed by atoms with Crippen molar-refractivity contribution in [3.63, 3.8) is 0 Å². The van der Waals surface area contributed by atoms with E-state index in [0.717, 1.165) is 17.1 Å². The number of carbonyl (C=O) groups excluding carboxylic acids is 1. The molecule has 0 saturated carbocycles. The van der Waals surface area contributed by atoms with Gasteiger partial charge in [0.2, 0.25) is 5.91 Å². The highest BCUT2D eigenvalue weighted by Gasteiger charge is 2.15. The van der Waals surface area contributed by atoms with Crippen molar-refractivity contribution >= 4 is 23.7 Å². The second-order valence-electron chi connectivity index (χ2n) is 5.67. The summed E-state index contributed by atoms with van der Waals surface area (Å²) in [7, 11) is 3.30. The summed E-state index contributed by atoms with van der Waals surface area (Å²) < 4.78 is 49.4. The third-order valence-corrected chi connectivity index (χ3v) is 3.84. The van der Waals surface area contributed by atoms with Crippen LogP contribution < -0.4 is 10.1 Å². The van der Waals surface area contributed by atoms with Crippen molar-refractivity contribution in [1.29, 1.82) is 0 Å². The third kappa shape index (κ3) is 4.70. The molecule has 0 saturated heterocycles. The van der Waals surface area contributed by atoms with Gasteiger partial charge >= 0.3 is 6.61 Å². The number of aromatic nitrogens is 2. The van der Waals surface area contributed by atoms with Crippen LogP contribution in [0.2, 0.25) is 0 Å². The van der Waals surface area contributed by atoms with Crippen molar-refractivity contribution < 1.29 is 27.4 Å². The lowest BCUT2D eigenvalue weighted by atomic mass is 10.1. The summed E-state index contributed by atoms with van der Waals surface area (Å²) in [6.45, 7) is 1.09. The number of ether oxygens (including phenoxy) is 2. The van der Waals surface area contributed by atoms with Crippen molar-refractivity contribution in [2.75, 3.05) is 7.11 Å². The van der Waals surface area contributed by atoms with Gasteiger partial charge in [0.15, 0.2) is 5.83 Å². The van der Waals surface area contributed by atoms with Crippen LogP contribution in [0.4, 0.5) is 13.2 Å². The summed E-state index contributed by atoms with van der Waals surface area (Å²) in [6.07, 6.45) is 2.37. The van der Waals surface area contributed by atoms with Crippen LogP contribution >= 0.6 is 0 Å². The van der Waals surface area contributed by atoms with Crippen LogP contribution in [0.15, 0.2) is 46.8 Å². The topological polar surface area (TPSA) is 77.7 Å². The third-order valence-electron chi connectivity index (χ3n) is 3.84. The van der Waals surface area contributed by atoms with E-state index in [0.29, 0.717) is 11.3 Å². The first kappa shape index (κ1) is 21.0. The van der Waals surface area contributed by atoms with E-state index in [-0.39, 0.29) is 12.1 Å². The molecule has 2 rings (SSSR count). The number of fused-ring (bicyclic) bond motifs is 1. The maximum absolute atomic E-state index is 13.9. The molecular weight excluding hydrogens is 377 g/mol. The highest BCUT2D eigenvalue weighted by atomic mass is 19.3. The van der Waals surface area contributed by atoms with Gasteiger partial charge in [-0.2, -0.15) is 8.78 Å². The Kier molecular flexibility index (Phi) is 6.80. The van der Waals surface area contributed by atoms with Gasteiger partial charge in [-0.25, -0.2) is 14.4 Å². The molecule has 0 unspecified atom stereocenters. The minimum atomic E-state index is -3.26. The Morgan fingerprint density at radius 3 is 2.79 bits per heavy atom. The van der Waals surface area contributed by atoms with Gasteiger partial charge in [0.25, 0.3) is 5.88 Å². The van der Waals surface area contributed by atoms with Crippen molar-refractivity contribution in [2.24, 2.45) is 12.0 Å². The molecule has 1 N–H and O–H groups in total. The Morgan fingerprint density at radius 2 is 2.18 bits per heavy atom. The summed E-state index contributed by atoms with van der Waals surface area (Å²) >= 11 is 0. The number of aliphatic imine (C=N–C) groups is 1. The van der Waals surface area contributed by atoms with E-state index in [4.69, 9.17) is 4.74 Å². The molecule has 150 valence electrons. The molecule has 0 fully saturated rings. The molecule has 2 aromatic rings. The largest absolute Gasteiger partial charge is 0.496 e. The van der Waals surface area contributed by atoms with Crippen LogP contribution in [0.3, 0.4) is 0 Å². The van der Waals surface area contributed by atoms with E-state index >= 15 is 0 Å². The van der Waals surface area contributed by atoms with Crippen molar-refractivity contribution in [3.05, 3.63) is 47.4 Å². The maximum atomic E-state index is 13.9. The molecule has 0 aliphatic rings. The monoisotopic (exact) mass is 396 g/mol. The number of nitrogens with one attached hydrogen (secondary N) is 1. The number of nitrogens with zero attached hydrogens (tertiary/aromatic N) is 3. The molecular formula is C18H19F3N4O3. The number of amides is 1. The molecule has 0 aliphatic carbocycles. The number of carbonyl (C=O) groups is 1. The quantitative estimate of drug-likeness (QED) is 0.322. The van der Waals surface area contributed by atoms with Crippen molar-refractivity contribution in [3.8, 4) is 5.75 Å². The van der Waals surface area contributed by atoms with Gasteiger partial charge in [0, 0.05) is 24.7 Å². The molecule has 1 amide bonds. The normalized spacial score (nSPS) is 12.8. The molecule has 0 aliphatic heterocycles.